The van der Waals surface area contributed by atoms with E-state index >= 15 is 0 Å². The van der Waals surface area contributed by atoms with Crippen LogP contribution in [0.15, 0.2) is 23.8 Å². The van der Waals surface area contributed by atoms with Gasteiger partial charge in [-0.25, -0.2) is 0 Å². The lowest BCUT2D eigenvalue weighted by Crippen LogP contribution is -2.50. The highest BCUT2D eigenvalue weighted by Gasteiger charge is 2.56. The molecular weight excluding hydrogens is 296 g/mol. The second kappa shape index (κ2) is 5.06. The normalized spacial score (nSPS) is 46.8. The summed E-state index contributed by atoms with van der Waals surface area (Å²) in [4.78, 5) is 24.2. The van der Waals surface area contributed by atoms with Crippen molar-refractivity contribution in [1.82, 2.24) is 0 Å². The first kappa shape index (κ1) is 14.7. The third-order valence-corrected chi connectivity index (χ3v) is 7.39. The average Bonchev–Trinajstić information content (AvgIpc) is 2.85. The lowest BCUT2D eigenvalue weighted by atomic mass is 9.51. The van der Waals surface area contributed by atoms with E-state index in [1.165, 1.54) is 5.57 Å². The quantitative estimate of drug-likeness (QED) is 0.683. The van der Waals surface area contributed by atoms with Gasteiger partial charge in [-0.3, -0.25) is 9.59 Å². The standard InChI is InChI=1S/C19H23ClO2/c1-2-19-8-7-13-12-4-3-11(21)9-15(12)17(20)10-14(13)16(19)5-6-18(19)22/h5-6,9,12-14,16-17H,2-4,7-8,10H2,1H3/t12-,13-,14-,16+,17?,19+/m1/s1. The smallest absolute Gasteiger partial charge is 0.162 e. The SMILES string of the molecule is CC[C@]12CC[C@H]3[C@@H](CC(Cl)C4=CC(=O)CC[C@@H]43)[C@@H]1C=CC2=O. The minimum atomic E-state index is -0.149. The lowest BCUT2D eigenvalue weighted by Gasteiger charge is -2.53. The summed E-state index contributed by atoms with van der Waals surface area (Å²) in [5.74, 6) is 2.53. The Morgan fingerprint density at radius 1 is 1.27 bits per heavy atom. The van der Waals surface area contributed by atoms with Crippen molar-refractivity contribution in [2.75, 3.05) is 0 Å². The minimum absolute atomic E-state index is 0.0211. The second-order valence-corrected chi connectivity index (χ2v) is 8.11. The highest BCUT2D eigenvalue weighted by atomic mass is 35.5. The number of allylic oxidation sites excluding steroid dienone is 4. The van der Waals surface area contributed by atoms with Crippen molar-refractivity contribution < 1.29 is 9.59 Å². The van der Waals surface area contributed by atoms with Crippen molar-refractivity contribution >= 4 is 23.2 Å². The highest BCUT2D eigenvalue weighted by Crippen LogP contribution is 2.60. The van der Waals surface area contributed by atoms with Gasteiger partial charge < -0.3 is 0 Å². The summed E-state index contributed by atoms with van der Waals surface area (Å²) in [7, 11) is 0. The number of fused-ring (bicyclic) bond motifs is 5. The fraction of sp³-hybridized carbons (Fsp3) is 0.684. The van der Waals surface area contributed by atoms with Crippen LogP contribution in [0, 0.1) is 29.1 Å². The molecule has 2 saturated carbocycles. The Kier molecular flexibility index (Phi) is 3.38. The zero-order chi connectivity index (χ0) is 15.5. The molecule has 0 spiro atoms. The van der Waals surface area contributed by atoms with Crippen LogP contribution < -0.4 is 0 Å². The van der Waals surface area contributed by atoms with Crippen LogP contribution in [-0.2, 0) is 9.59 Å². The van der Waals surface area contributed by atoms with E-state index in [0.717, 1.165) is 32.1 Å². The van der Waals surface area contributed by atoms with Gasteiger partial charge in [-0.15, -0.1) is 11.6 Å². The number of carbonyl (C=O) groups is 2. The Labute approximate surface area is 137 Å². The molecule has 2 nitrogen and oxygen atoms in total. The number of carbonyl (C=O) groups excluding carboxylic acids is 2. The van der Waals surface area contributed by atoms with Gasteiger partial charge in [0.2, 0.25) is 0 Å². The summed E-state index contributed by atoms with van der Waals surface area (Å²) in [5, 5.41) is -0.0211. The highest BCUT2D eigenvalue weighted by molar-refractivity contribution is 6.23. The zero-order valence-electron chi connectivity index (χ0n) is 13.1. The number of ketones is 2. The average molecular weight is 319 g/mol. The van der Waals surface area contributed by atoms with Crippen LogP contribution in [-0.4, -0.2) is 16.9 Å². The van der Waals surface area contributed by atoms with Crippen LogP contribution >= 0.6 is 11.6 Å². The molecular formula is C19H23ClO2. The summed E-state index contributed by atoms with van der Waals surface area (Å²) in [6, 6.07) is 0. The lowest BCUT2D eigenvalue weighted by molar-refractivity contribution is -0.130. The van der Waals surface area contributed by atoms with E-state index < -0.39 is 0 Å². The molecule has 0 bridgehead atoms. The molecule has 0 saturated heterocycles. The molecule has 0 aromatic heterocycles. The van der Waals surface area contributed by atoms with E-state index in [1.807, 2.05) is 12.2 Å². The van der Waals surface area contributed by atoms with Gasteiger partial charge in [0.15, 0.2) is 11.6 Å². The minimum Gasteiger partial charge on any atom is -0.295 e. The van der Waals surface area contributed by atoms with Gasteiger partial charge in [0.1, 0.15) is 0 Å². The van der Waals surface area contributed by atoms with Crippen molar-refractivity contribution in [3.63, 3.8) is 0 Å². The molecule has 0 amide bonds. The van der Waals surface area contributed by atoms with E-state index in [0.29, 0.717) is 35.9 Å². The van der Waals surface area contributed by atoms with Gasteiger partial charge in [-0.1, -0.05) is 13.0 Å². The first-order valence-electron chi connectivity index (χ1n) is 8.68. The van der Waals surface area contributed by atoms with Gasteiger partial charge in [-0.05, 0) is 73.5 Å². The second-order valence-electron chi connectivity index (χ2n) is 7.58. The third-order valence-electron chi connectivity index (χ3n) is 6.96. The van der Waals surface area contributed by atoms with Crippen LogP contribution in [0.5, 0.6) is 0 Å². The molecule has 0 N–H and O–H groups in total. The number of halogens is 1. The fourth-order valence-electron chi connectivity index (χ4n) is 5.85. The Morgan fingerprint density at radius 3 is 2.86 bits per heavy atom. The maximum atomic E-state index is 12.5. The molecule has 0 radical (unpaired) electrons. The van der Waals surface area contributed by atoms with Crippen molar-refractivity contribution in [1.29, 1.82) is 0 Å². The summed E-state index contributed by atoms with van der Waals surface area (Å²) in [6.07, 6.45) is 11.4. The van der Waals surface area contributed by atoms with E-state index in [-0.39, 0.29) is 16.6 Å². The van der Waals surface area contributed by atoms with Gasteiger partial charge in [0.25, 0.3) is 0 Å². The van der Waals surface area contributed by atoms with E-state index in [4.69, 9.17) is 11.6 Å². The Morgan fingerprint density at radius 2 is 2.09 bits per heavy atom. The van der Waals surface area contributed by atoms with Gasteiger partial charge in [0, 0.05) is 11.8 Å². The maximum Gasteiger partial charge on any atom is 0.162 e. The first-order chi connectivity index (χ1) is 10.6. The summed E-state index contributed by atoms with van der Waals surface area (Å²) in [6.45, 7) is 2.16. The van der Waals surface area contributed by atoms with E-state index in [9.17, 15) is 9.59 Å². The molecule has 0 aromatic rings. The van der Waals surface area contributed by atoms with Crippen LogP contribution in [0.25, 0.3) is 0 Å². The van der Waals surface area contributed by atoms with Crippen molar-refractivity contribution in [3.8, 4) is 0 Å². The topological polar surface area (TPSA) is 34.1 Å². The van der Waals surface area contributed by atoms with Crippen molar-refractivity contribution in [2.45, 2.75) is 50.8 Å². The van der Waals surface area contributed by atoms with E-state index in [2.05, 4.69) is 13.0 Å². The first-order valence-corrected chi connectivity index (χ1v) is 9.11. The number of hydrogen-bond donors (Lipinski definition) is 0. The summed E-state index contributed by atoms with van der Waals surface area (Å²) < 4.78 is 0. The van der Waals surface area contributed by atoms with Crippen LogP contribution in [0.4, 0.5) is 0 Å². The monoisotopic (exact) mass is 318 g/mol. The van der Waals surface area contributed by atoms with Crippen molar-refractivity contribution in [2.24, 2.45) is 29.1 Å². The Bertz CT molecular complexity index is 590. The third kappa shape index (κ3) is 1.86. The Hall–Kier alpha value is -0.890. The molecule has 4 aliphatic rings. The molecule has 0 heterocycles. The van der Waals surface area contributed by atoms with Gasteiger partial charge in [0.05, 0.1) is 5.38 Å². The maximum absolute atomic E-state index is 12.5. The number of alkyl halides is 1. The van der Waals surface area contributed by atoms with Crippen LogP contribution in [0.3, 0.4) is 0 Å². The van der Waals surface area contributed by atoms with Crippen molar-refractivity contribution in [3.05, 3.63) is 23.8 Å². The fourth-order valence-corrected chi connectivity index (χ4v) is 6.28. The zero-order valence-corrected chi connectivity index (χ0v) is 13.8. The molecule has 1 unspecified atom stereocenters. The van der Waals surface area contributed by atoms with Gasteiger partial charge in [-0.2, -0.15) is 0 Å². The molecule has 0 aromatic carbocycles. The molecule has 0 aliphatic heterocycles. The summed E-state index contributed by atoms with van der Waals surface area (Å²) >= 11 is 6.66. The molecule has 22 heavy (non-hydrogen) atoms. The predicted molar refractivity (Wildman–Crippen MR) is 86.6 cm³/mol. The molecule has 4 rings (SSSR count). The molecule has 2 fully saturated rings. The molecule has 4 aliphatic carbocycles. The molecule has 3 heteroatoms. The molecule has 118 valence electrons. The summed E-state index contributed by atoms with van der Waals surface area (Å²) in [5.41, 5.74) is 1.04. The van der Waals surface area contributed by atoms with E-state index in [1.54, 1.807) is 0 Å². The Balaban J connectivity index is 1.70. The molecule has 6 atom stereocenters. The number of rotatable bonds is 1. The van der Waals surface area contributed by atoms with Crippen LogP contribution in [0.2, 0.25) is 0 Å². The predicted octanol–water partition coefficient (Wildman–Crippen LogP) is 4.08. The van der Waals surface area contributed by atoms with Crippen LogP contribution in [0.1, 0.15) is 45.4 Å². The largest absolute Gasteiger partial charge is 0.295 e. The van der Waals surface area contributed by atoms with Gasteiger partial charge >= 0.3 is 0 Å². The number of hydrogen-bond acceptors (Lipinski definition) is 2.